The van der Waals surface area contributed by atoms with Gasteiger partial charge < -0.3 is 25.6 Å². The molecule has 1 unspecified atom stereocenters. The lowest BCUT2D eigenvalue weighted by molar-refractivity contribution is -0.159. The number of anilines is 1. The van der Waals surface area contributed by atoms with Crippen molar-refractivity contribution in [2.24, 2.45) is 0 Å². The summed E-state index contributed by atoms with van der Waals surface area (Å²) in [7, 11) is 1.33. The third-order valence-corrected chi connectivity index (χ3v) is 5.52. The summed E-state index contributed by atoms with van der Waals surface area (Å²) >= 11 is 7.25. The highest BCUT2D eigenvalue weighted by molar-refractivity contribution is 7.16. The third-order valence-electron chi connectivity index (χ3n) is 4.15. The lowest BCUT2D eigenvalue weighted by atomic mass is 10.1. The Morgan fingerprint density at radius 2 is 1.65 bits per heavy atom. The molecule has 0 radical (unpaired) electrons. The van der Waals surface area contributed by atoms with Gasteiger partial charge in [-0.25, -0.2) is 14.4 Å². The maximum atomic E-state index is 12.2. The number of hydrogen-bond acceptors (Lipinski definition) is 7. The molecule has 0 fully saturated rings. The van der Waals surface area contributed by atoms with E-state index in [9.17, 15) is 9.59 Å². The van der Waals surface area contributed by atoms with Gasteiger partial charge in [0.05, 0.1) is 19.2 Å². The molecule has 1 heterocycles. The summed E-state index contributed by atoms with van der Waals surface area (Å²) in [6.07, 6.45) is 0. The minimum atomic E-state index is -1.82. The van der Waals surface area contributed by atoms with Gasteiger partial charge in [0.25, 0.3) is 0 Å². The normalized spacial score (nSPS) is 11.0. The number of hydrogen-bond donors (Lipinski definition) is 4. The van der Waals surface area contributed by atoms with E-state index in [4.69, 9.17) is 36.1 Å². The topological polar surface area (TPSA) is 142 Å². The van der Waals surface area contributed by atoms with E-state index in [1.54, 1.807) is 0 Å². The Labute approximate surface area is 188 Å². The summed E-state index contributed by atoms with van der Waals surface area (Å²) < 4.78 is 4.81. The molecule has 2 rings (SSSR count). The molecule has 1 amide bonds. The zero-order valence-corrected chi connectivity index (χ0v) is 18.9. The fourth-order valence-electron chi connectivity index (χ4n) is 2.35. The summed E-state index contributed by atoms with van der Waals surface area (Å²) in [6.45, 7) is 5.84. The molecule has 0 aliphatic heterocycles. The molecule has 1 aromatic heterocycles. The SMILES string of the molecule is COC(=O)c1c(NC(=O)CNC(C)c2ccc(Cl)cc2)sc(C)c1C.O=C(O)C(=O)O. The van der Waals surface area contributed by atoms with Crippen LogP contribution in [0.2, 0.25) is 5.02 Å². The summed E-state index contributed by atoms with van der Waals surface area (Å²) in [5.41, 5.74) is 2.29. The number of aliphatic carboxylic acids is 2. The molecule has 2 aromatic rings. The number of carboxylic acid groups (broad SMARTS) is 2. The molecule has 0 saturated carbocycles. The largest absolute Gasteiger partial charge is 0.473 e. The Hall–Kier alpha value is -2.95. The van der Waals surface area contributed by atoms with Crippen molar-refractivity contribution in [3.63, 3.8) is 0 Å². The van der Waals surface area contributed by atoms with E-state index >= 15 is 0 Å². The quantitative estimate of drug-likeness (QED) is 0.372. The minimum absolute atomic E-state index is 0.00472. The molecular formula is C20H23ClN2O7S. The number of carboxylic acids is 2. The smallest absolute Gasteiger partial charge is 0.414 e. The van der Waals surface area contributed by atoms with Gasteiger partial charge in [0.15, 0.2) is 0 Å². The first kappa shape index (κ1) is 26.1. The first-order valence-electron chi connectivity index (χ1n) is 8.91. The van der Waals surface area contributed by atoms with Crippen LogP contribution in [-0.4, -0.2) is 47.7 Å². The lowest BCUT2D eigenvalue weighted by Crippen LogP contribution is -2.30. The van der Waals surface area contributed by atoms with Gasteiger partial charge in [0, 0.05) is 15.9 Å². The summed E-state index contributed by atoms with van der Waals surface area (Å²) in [6, 6.07) is 7.46. The Morgan fingerprint density at radius 3 is 2.13 bits per heavy atom. The van der Waals surface area contributed by atoms with Crippen LogP contribution in [0.1, 0.15) is 39.3 Å². The Kier molecular flexibility index (Phi) is 10.1. The minimum Gasteiger partial charge on any atom is -0.473 e. The van der Waals surface area contributed by atoms with Crippen molar-refractivity contribution in [2.75, 3.05) is 19.0 Å². The van der Waals surface area contributed by atoms with Crippen LogP contribution in [0.15, 0.2) is 24.3 Å². The number of nitrogens with one attached hydrogen (secondary N) is 2. The second kappa shape index (κ2) is 12.0. The Bertz CT molecular complexity index is 945. The van der Waals surface area contributed by atoms with E-state index in [0.717, 1.165) is 16.0 Å². The molecule has 1 aromatic carbocycles. The molecule has 1 atom stereocenters. The standard InChI is InChI=1S/C18H21ClN2O3S.C2H2O4/c1-10-12(3)25-17(16(10)18(23)24-4)21-15(22)9-20-11(2)13-5-7-14(19)8-6-13;3-1(4)2(5)6/h5-8,11,20H,9H2,1-4H3,(H,21,22);(H,3,4)(H,5,6). The fraction of sp³-hybridized carbons (Fsp3) is 0.300. The van der Waals surface area contributed by atoms with Crippen LogP contribution in [0, 0.1) is 13.8 Å². The number of halogens is 1. The van der Waals surface area contributed by atoms with Gasteiger partial charge in [0.2, 0.25) is 5.91 Å². The van der Waals surface area contributed by atoms with Crippen LogP contribution >= 0.6 is 22.9 Å². The molecule has 0 aliphatic carbocycles. The van der Waals surface area contributed by atoms with Gasteiger partial charge in [-0.05, 0) is 44.0 Å². The molecule has 4 N–H and O–H groups in total. The van der Waals surface area contributed by atoms with Gasteiger partial charge in [-0.1, -0.05) is 23.7 Å². The lowest BCUT2D eigenvalue weighted by Gasteiger charge is -2.14. The highest BCUT2D eigenvalue weighted by Gasteiger charge is 2.21. The number of rotatable bonds is 6. The van der Waals surface area contributed by atoms with Gasteiger partial charge in [0.1, 0.15) is 5.00 Å². The van der Waals surface area contributed by atoms with Crippen LogP contribution in [-0.2, 0) is 19.1 Å². The zero-order valence-electron chi connectivity index (χ0n) is 17.3. The number of methoxy groups -OCH3 is 1. The molecule has 31 heavy (non-hydrogen) atoms. The van der Waals surface area contributed by atoms with Crippen LogP contribution in [0.4, 0.5) is 5.00 Å². The molecule has 0 aliphatic rings. The number of amides is 1. The van der Waals surface area contributed by atoms with Crippen molar-refractivity contribution >= 4 is 51.8 Å². The maximum Gasteiger partial charge on any atom is 0.414 e. The third kappa shape index (κ3) is 8.00. The second-order valence-electron chi connectivity index (χ2n) is 6.29. The molecule has 168 valence electrons. The van der Waals surface area contributed by atoms with E-state index in [1.165, 1.54) is 18.4 Å². The first-order valence-corrected chi connectivity index (χ1v) is 10.1. The van der Waals surface area contributed by atoms with Crippen LogP contribution in [0.5, 0.6) is 0 Å². The fourth-order valence-corrected chi connectivity index (χ4v) is 3.54. The van der Waals surface area contributed by atoms with E-state index in [1.807, 2.05) is 45.0 Å². The van der Waals surface area contributed by atoms with Gasteiger partial charge in [-0.15, -0.1) is 11.3 Å². The van der Waals surface area contributed by atoms with Crippen LogP contribution < -0.4 is 10.6 Å². The average Bonchev–Trinajstić information content (AvgIpc) is 2.99. The maximum absolute atomic E-state index is 12.2. The van der Waals surface area contributed by atoms with Gasteiger partial charge in [-0.2, -0.15) is 0 Å². The summed E-state index contributed by atoms with van der Waals surface area (Å²) in [4.78, 5) is 43.4. The van der Waals surface area contributed by atoms with Crippen molar-refractivity contribution in [1.82, 2.24) is 5.32 Å². The van der Waals surface area contributed by atoms with Gasteiger partial charge >= 0.3 is 17.9 Å². The molecule has 9 nitrogen and oxygen atoms in total. The Morgan fingerprint density at radius 1 is 1.10 bits per heavy atom. The second-order valence-corrected chi connectivity index (χ2v) is 7.95. The molecule has 0 spiro atoms. The van der Waals surface area contributed by atoms with Crippen LogP contribution in [0.3, 0.4) is 0 Å². The first-order chi connectivity index (χ1) is 14.5. The summed E-state index contributed by atoms with van der Waals surface area (Å²) in [5.74, 6) is -4.31. The van der Waals surface area contributed by atoms with E-state index in [2.05, 4.69) is 10.6 Å². The number of carbonyl (C=O) groups excluding carboxylic acids is 2. The highest BCUT2D eigenvalue weighted by Crippen LogP contribution is 2.32. The molecular weight excluding hydrogens is 448 g/mol. The number of ether oxygens (including phenoxy) is 1. The van der Waals surface area contributed by atoms with Crippen molar-refractivity contribution < 1.29 is 34.1 Å². The van der Waals surface area contributed by atoms with E-state index < -0.39 is 17.9 Å². The van der Waals surface area contributed by atoms with Crippen molar-refractivity contribution in [2.45, 2.75) is 26.8 Å². The average molecular weight is 471 g/mol. The van der Waals surface area contributed by atoms with Gasteiger partial charge in [-0.3, -0.25) is 4.79 Å². The predicted molar refractivity (Wildman–Crippen MR) is 117 cm³/mol. The monoisotopic (exact) mass is 470 g/mol. The Balaban J connectivity index is 0.000000703. The summed E-state index contributed by atoms with van der Waals surface area (Å²) in [5, 5.41) is 21.9. The van der Waals surface area contributed by atoms with Crippen molar-refractivity contribution in [1.29, 1.82) is 0 Å². The number of aryl methyl sites for hydroxylation is 1. The number of thiophene rings is 1. The van der Waals surface area contributed by atoms with E-state index in [0.29, 0.717) is 15.6 Å². The molecule has 0 bridgehead atoms. The molecule has 11 heteroatoms. The van der Waals surface area contributed by atoms with Crippen molar-refractivity contribution in [3.8, 4) is 0 Å². The van der Waals surface area contributed by atoms with E-state index in [-0.39, 0.29) is 18.5 Å². The predicted octanol–water partition coefficient (Wildman–Crippen LogP) is 3.25. The van der Waals surface area contributed by atoms with Crippen LogP contribution in [0.25, 0.3) is 0 Å². The zero-order chi connectivity index (χ0) is 23.7. The number of benzene rings is 1. The number of carbonyl (C=O) groups is 4. The number of esters is 1. The highest BCUT2D eigenvalue weighted by atomic mass is 35.5. The molecule has 0 saturated heterocycles. The van der Waals surface area contributed by atoms with Crippen molar-refractivity contribution in [3.05, 3.63) is 50.9 Å².